The lowest BCUT2D eigenvalue weighted by atomic mass is 10.1. The van der Waals surface area contributed by atoms with Crippen LogP contribution in [0.1, 0.15) is 18.2 Å². The largest absolute Gasteiger partial charge is 0.481 e. The molecule has 1 aromatic carbocycles. The molecule has 0 bridgehead atoms. The van der Waals surface area contributed by atoms with E-state index in [0.29, 0.717) is 12.1 Å². The zero-order chi connectivity index (χ0) is 14.7. The van der Waals surface area contributed by atoms with Crippen LogP contribution in [0.4, 0.5) is 0 Å². The normalized spacial score (nSPS) is 10.5. The molecule has 1 heterocycles. The molecule has 0 spiro atoms. The molecular weight excluding hydrogens is 324 g/mol. The summed E-state index contributed by atoms with van der Waals surface area (Å²) < 4.78 is 2.55. The highest BCUT2D eigenvalue weighted by molar-refractivity contribution is 9.10. The smallest absolute Gasteiger partial charge is 0.308 e. The lowest BCUT2D eigenvalue weighted by Gasteiger charge is -2.14. The minimum atomic E-state index is -1.02. The molecule has 1 aromatic heterocycles. The summed E-state index contributed by atoms with van der Waals surface area (Å²) in [5.41, 5.74) is 1.37. The van der Waals surface area contributed by atoms with Gasteiger partial charge in [-0.25, -0.2) is 4.68 Å². The van der Waals surface area contributed by atoms with Crippen LogP contribution < -0.4 is 5.43 Å². The van der Waals surface area contributed by atoms with E-state index >= 15 is 0 Å². The Morgan fingerprint density at radius 2 is 2.00 bits per heavy atom. The van der Waals surface area contributed by atoms with Crippen LogP contribution >= 0.6 is 15.9 Å². The number of hydrogen-bond donors (Lipinski definition) is 1. The molecule has 2 rings (SSSR count). The summed E-state index contributed by atoms with van der Waals surface area (Å²) in [4.78, 5) is 22.7. The fourth-order valence-corrected chi connectivity index (χ4v) is 2.30. The molecule has 0 radical (unpaired) electrons. The number of hydrogen-bond acceptors (Lipinski definition) is 3. The fourth-order valence-electron chi connectivity index (χ4n) is 2.04. The van der Waals surface area contributed by atoms with Gasteiger partial charge in [0.15, 0.2) is 0 Å². The lowest BCUT2D eigenvalue weighted by Crippen LogP contribution is -2.22. The van der Waals surface area contributed by atoms with Gasteiger partial charge in [0.25, 0.3) is 0 Å². The fraction of sp³-hybridized carbons (Fsp3) is 0.214. The number of aliphatic carboxylic acids is 1. The van der Waals surface area contributed by atoms with Crippen molar-refractivity contribution in [2.75, 3.05) is 0 Å². The van der Waals surface area contributed by atoms with Gasteiger partial charge in [-0.1, -0.05) is 22.9 Å². The molecule has 2 aromatic rings. The highest BCUT2D eigenvalue weighted by Gasteiger charge is 2.14. The highest BCUT2D eigenvalue weighted by Crippen LogP contribution is 2.16. The van der Waals surface area contributed by atoms with E-state index in [1.807, 2.05) is 31.2 Å². The summed E-state index contributed by atoms with van der Waals surface area (Å²) >= 11 is 3.36. The van der Waals surface area contributed by atoms with Crippen molar-refractivity contribution >= 4 is 21.9 Å². The average Bonchev–Trinajstić information content (AvgIpc) is 2.41. The summed E-state index contributed by atoms with van der Waals surface area (Å²) in [5.74, 6) is -1.02. The van der Waals surface area contributed by atoms with Crippen molar-refractivity contribution < 1.29 is 9.90 Å². The summed E-state index contributed by atoms with van der Waals surface area (Å²) in [6.07, 6.45) is 1.41. The van der Waals surface area contributed by atoms with Gasteiger partial charge < -0.3 is 5.11 Å². The van der Waals surface area contributed by atoms with E-state index in [4.69, 9.17) is 5.11 Å². The molecule has 1 N–H and O–H groups in total. The van der Waals surface area contributed by atoms with Crippen molar-refractivity contribution in [1.82, 2.24) is 9.78 Å². The van der Waals surface area contributed by atoms with Gasteiger partial charge >= 0.3 is 5.97 Å². The van der Waals surface area contributed by atoms with Gasteiger partial charge in [0, 0.05) is 10.0 Å². The van der Waals surface area contributed by atoms with Crippen LogP contribution in [0.25, 0.3) is 5.69 Å². The van der Waals surface area contributed by atoms with Crippen molar-refractivity contribution in [3.8, 4) is 5.69 Å². The Labute approximate surface area is 124 Å². The Kier molecular flexibility index (Phi) is 4.34. The maximum absolute atomic E-state index is 11.8. The quantitative estimate of drug-likeness (QED) is 0.928. The van der Waals surface area contributed by atoms with Gasteiger partial charge in [0.1, 0.15) is 0 Å². The predicted octanol–water partition coefficient (Wildman–Crippen LogP) is 2.18. The van der Waals surface area contributed by atoms with Crippen molar-refractivity contribution in [1.29, 1.82) is 0 Å². The second kappa shape index (κ2) is 6.00. The Balaban J connectivity index is 2.62. The molecule has 20 heavy (non-hydrogen) atoms. The van der Waals surface area contributed by atoms with Crippen molar-refractivity contribution in [2.24, 2.45) is 0 Å². The molecule has 5 nitrogen and oxygen atoms in total. The summed E-state index contributed by atoms with van der Waals surface area (Å²) in [6, 6.07) is 7.44. The van der Waals surface area contributed by atoms with Crippen LogP contribution in [-0.4, -0.2) is 20.9 Å². The SMILES string of the molecule is CCc1c(CC(=O)O)c(=O)cnn1-c1ccc(Br)cc1. The van der Waals surface area contributed by atoms with E-state index in [1.165, 1.54) is 6.20 Å². The summed E-state index contributed by atoms with van der Waals surface area (Å²) in [5, 5.41) is 13.0. The van der Waals surface area contributed by atoms with E-state index in [-0.39, 0.29) is 17.4 Å². The maximum Gasteiger partial charge on any atom is 0.308 e. The van der Waals surface area contributed by atoms with Crippen LogP contribution in [0.15, 0.2) is 39.7 Å². The van der Waals surface area contributed by atoms with Gasteiger partial charge in [-0.15, -0.1) is 0 Å². The maximum atomic E-state index is 11.8. The topological polar surface area (TPSA) is 72.2 Å². The number of carboxylic acid groups (broad SMARTS) is 1. The molecule has 6 heteroatoms. The molecule has 0 saturated carbocycles. The van der Waals surface area contributed by atoms with Gasteiger partial charge in [0.05, 0.1) is 24.0 Å². The third kappa shape index (κ3) is 2.96. The third-order valence-electron chi connectivity index (χ3n) is 2.93. The average molecular weight is 337 g/mol. The zero-order valence-corrected chi connectivity index (χ0v) is 12.4. The number of rotatable bonds is 4. The molecule has 0 fully saturated rings. The minimum Gasteiger partial charge on any atom is -0.481 e. The second-order valence-electron chi connectivity index (χ2n) is 4.25. The van der Waals surface area contributed by atoms with E-state index < -0.39 is 5.97 Å². The molecule has 0 aliphatic carbocycles. The number of carboxylic acids is 1. The molecule has 0 saturated heterocycles. The number of benzene rings is 1. The predicted molar refractivity (Wildman–Crippen MR) is 78.3 cm³/mol. The van der Waals surface area contributed by atoms with Gasteiger partial charge in [-0.2, -0.15) is 5.10 Å². The molecule has 0 aliphatic heterocycles. The third-order valence-corrected chi connectivity index (χ3v) is 3.45. The molecule has 0 atom stereocenters. The molecule has 0 unspecified atom stereocenters. The molecule has 0 aliphatic rings. The Morgan fingerprint density at radius 1 is 1.35 bits per heavy atom. The first-order valence-electron chi connectivity index (χ1n) is 6.10. The van der Waals surface area contributed by atoms with Gasteiger partial charge in [0.2, 0.25) is 5.43 Å². The monoisotopic (exact) mass is 336 g/mol. The van der Waals surface area contributed by atoms with E-state index in [0.717, 1.165) is 10.2 Å². The van der Waals surface area contributed by atoms with Gasteiger partial charge in [-0.3, -0.25) is 9.59 Å². The standard InChI is InChI=1S/C14H13BrN2O3/c1-2-12-11(7-14(19)20)13(18)8-16-17(12)10-5-3-9(15)4-6-10/h3-6,8H,2,7H2,1H3,(H,19,20). The van der Waals surface area contributed by atoms with Crippen LogP contribution in [-0.2, 0) is 17.6 Å². The summed E-state index contributed by atoms with van der Waals surface area (Å²) in [6.45, 7) is 1.87. The lowest BCUT2D eigenvalue weighted by molar-refractivity contribution is -0.136. The first-order valence-corrected chi connectivity index (χ1v) is 6.90. The van der Waals surface area contributed by atoms with Gasteiger partial charge in [-0.05, 0) is 30.7 Å². The number of halogens is 1. The second-order valence-corrected chi connectivity index (χ2v) is 5.16. The van der Waals surface area contributed by atoms with Crippen LogP contribution in [0, 0.1) is 0 Å². The van der Waals surface area contributed by atoms with E-state index in [1.54, 1.807) is 4.68 Å². The molecule has 104 valence electrons. The zero-order valence-electron chi connectivity index (χ0n) is 10.8. The Hall–Kier alpha value is -1.95. The molecule has 0 amide bonds. The van der Waals surface area contributed by atoms with Crippen molar-refractivity contribution in [3.63, 3.8) is 0 Å². The van der Waals surface area contributed by atoms with Crippen LogP contribution in [0.5, 0.6) is 0 Å². The van der Waals surface area contributed by atoms with Crippen molar-refractivity contribution in [2.45, 2.75) is 19.8 Å². The highest BCUT2D eigenvalue weighted by atomic mass is 79.9. The Morgan fingerprint density at radius 3 is 2.55 bits per heavy atom. The summed E-state index contributed by atoms with van der Waals surface area (Å²) in [7, 11) is 0. The first kappa shape index (κ1) is 14.5. The number of nitrogens with zero attached hydrogens (tertiary/aromatic N) is 2. The first-order chi connectivity index (χ1) is 9.52. The van der Waals surface area contributed by atoms with E-state index in [2.05, 4.69) is 21.0 Å². The van der Waals surface area contributed by atoms with E-state index in [9.17, 15) is 9.59 Å². The minimum absolute atomic E-state index is 0.290. The number of aromatic nitrogens is 2. The van der Waals surface area contributed by atoms with Crippen LogP contribution in [0.3, 0.4) is 0 Å². The van der Waals surface area contributed by atoms with Crippen LogP contribution in [0.2, 0.25) is 0 Å². The van der Waals surface area contributed by atoms with Crippen molar-refractivity contribution in [3.05, 3.63) is 56.4 Å². The Bertz CT molecular complexity index is 693. The molecular formula is C14H13BrN2O3. The number of carbonyl (C=O) groups is 1.